The second-order valence-corrected chi connectivity index (χ2v) is 4.22. The van der Waals surface area contributed by atoms with Gasteiger partial charge in [-0.15, -0.1) is 0 Å². The molecule has 0 aromatic heterocycles. The molecule has 0 amide bonds. The average molecular weight is 236 g/mol. The highest BCUT2D eigenvalue weighted by Crippen LogP contribution is 2.26. The van der Waals surface area contributed by atoms with Gasteiger partial charge in [-0.3, -0.25) is 0 Å². The molecule has 0 nitrogen and oxygen atoms in total. The van der Waals surface area contributed by atoms with Crippen LogP contribution in [-0.2, 0) is 6.42 Å². The van der Waals surface area contributed by atoms with Crippen LogP contribution in [0.25, 0.3) is 17.2 Å². The van der Waals surface area contributed by atoms with Gasteiger partial charge in [0, 0.05) is 0 Å². The molecular weight excluding hydrogens is 216 g/mol. The van der Waals surface area contributed by atoms with Crippen LogP contribution in [-0.4, -0.2) is 0 Å². The van der Waals surface area contributed by atoms with Crippen molar-refractivity contribution in [1.82, 2.24) is 0 Å². The first-order valence-corrected chi connectivity index (χ1v) is 6.78. The highest BCUT2D eigenvalue weighted by molar-refractivity contribution is 5.68. The first kappa shape index (κ1) is 12.6. The summed E-state index contributed by atoms with van der Waals surface area (Å²) in [5, 5.41) is 0. The van der Waals surface area contributed by atoms with E-state index in [0.29, 0.717) is 0 Å². The summed E-state index contributed by atoms with van der Waals surface area (Å²) in [5.41, 5.74) is 5.49. The van der Waals surface area contributed by atoms with E-state index in [4.69, 9.17) is 0 Å². The van der Waals surface area contributed by atoms with E-state index in [0.717, 1.165) is 0 Å². The van der Waals surface area contributed by atoms with Crippen LogP contribution in [0.4, 0.5) is 0 Å². The zero-order valence-electron chi connectivity index (χ0n) is 11.2. The lowest BCUT2D eigenvalue weighted by molar-refractivity contribution is 0.986. The standard InChI is InChI=1S/C16H14.C2H6/c1-2-6-13(7-3-1)16-11-10-14-8-4-5-9-15(14)12-16;1-2/h1-4,6-8,10-12H,5,9H2;1-2H3. The maximum atomic E-state index is 2.33. The van der Waals surface area contributed by atoms with Crippen molar-refractivity contribution in [1.29, 1.82) is 0 Å². The fourth-order valence-corrected chi connectivity index (χ4v) is 2.24. The minimum absolute atomic E-state index is 1.17. The van der Waals surface area contributed by atoms with Crippen molar-refractivity contribution in [3.8, 4) is 11.1 Å². The fraction of sp³-hybridized carbons (Fsp3) is 0.222. The van der Waals surface area contributed by atoms with Crippen molar-refractivity contribution >= 4 is 6.08 Å². The Hall–Kier alpha value is -1.82. The third kappa shape index (κ3) is 2.70. The van der Waals surface area contributed by atoms with Gasteiger partial charge in [0.25, 0.3) is 0 Å². The Bertz CT molecular complexity index is 521. The molecule has 0 fully saturated rings. The molecule has 92 valence electrons. The van der Waals surface area contributed by atoms with E-state index >= 15 is 0 Å². The molecule has 0 heteroatoms. The molecule has 0 atom stereocenters. The van der Waals surface area contributed by atoms with Gasteiger partial charge in [0.1, 0.15) is 0 Å². The van der Waals surface area contributed by atoms with Gasteiger partial charge in [-0.1, -0.05) is 74.5 Å². The first-order valence-electron chi connectivity index (χ1n) is 6.78. The van der Waals surface area contributed by atoms with Crippen LogP contribution in [0.3, 0.4) is 0 Å². The Labute approximate surface area is 110 Å². The number of fused-ring (bicyclic) bond motifs is 1. The van der Waals surface area contributed by atoms with E-state index in [9.17, 15) is 0 Å². The lowest BCUT2D eigenvalue weighted by atomic mass is 9.93. The van der Waals surface area contributed by atoms with Crippen LogP contribution in [0.1, 0.15) is 31.4 Å². The SMILES string of the molecule is C1=Cc2ccc(-c3ccccc3)cc2CC1.CC. The molecule has 3 rings (SSSR count). The molecule has 18 heavy (non-hydrogen) atoms. The Morgan fingerprint density at radius 1 is 0.833 bits per heavy atom. The molecule has 0 spiro atoms. The molecule has 0 saturated carbocycles. The van der Waals surface area contributed by atoms with Gasteiger partial charge in [-0.25, -0.2) is 0 Å². The smallest absolute Gasteiger partial charge is 0.0181 e. The topological polar surface area (TPSA) is 0 Å². The van der Waals surface area contributed by atoms with E-state index < -0.39 is 0 Å². The van der Waals surface area contributed by atoms with Crippen LogP contribution in [0.2, 0.25) is 0 Å². The second-order valence-electron chi connectivity index (χ2n) is 4.22. The Morgan fingerprint density at radius 2 is 1.61 bits per heavy atom. The van der Waals surface area contributed by atoms with Gasteiger partial charge in [-0.2, -0.15) is 0 Å². The van der Waals surface area contributed by atoms with Crippen molar-refractivity contribution in [3.63, 3.8) is 0 Å². The summed E-state index contributed by atoms with van der Waals surface area (Å²) in [6.45, 7) is 4.00. The van der Waals surface area contributed by atoms with Crippen LogP contribution < -0.4 is 0 Å². The Balaban J connectivity index is 0.000000574. The van der Waals surface area contributed by atoms with Gasteiger partial charge in [0.15, 0.2) is 0 Å². The normalized spacial score (nSPS) is 12.3. The summed E-state index contributed by atoms with van der Waals surface area (Å²) >= 11 is 0. The molecule has 0 bridgehead atoms. The third-order valence-corrected chi connectivity index (χ3v) is 3.13. The van der Waals surface area contributed by atoms with Crippen molar-refractivity contribution in [2.45, 2.75) is 26.7 Å². The number of benzene rings is 2. The maximum absolute atomic E-state index is 2.33. The Kier molecular flexibility index (Phi) is 4.35. The maximum Gasteiger partial charge on any atom is -0.0181 e. The zero-order valence-corrected chi connectivity index (χ0v) is 11.2. The number of rotatable bonds is 1. The highest BCUT2D eigenvalue weighted by Gasteiger charge is 2.05. The predicted octanol–water partition coefficient (Wildman–Crippen LogP) is 5.34. The molecular formula is C18H20. The molecule has 0 aliphatic heterocycles. The third-order valence-electron chi connectivity index (χ3n) is 3.13. The fourth-order valence-electron chi connectivity index (χ4n) is 2.24. The number of hydrogen-bond donors (Lipinski definition) is 0. The zero-order chi connectivity index (χ0) is 12.8. The van der Waals surface area contributed by atoms with Crippen molar-refractivity contribution in [2.24, 2.45) is 0 Å². The monoisotopic (exact) mass is 236 g/mol. The quantitative estimate of drug-likeness (QED) is 0.627. The van der Waals surface area contributed by atoms with Gasteiger partial charge < -0.3 is 0 Å². The van der Waals surface area contributed by atoms with E-state index in [1.807, 2.05) is 13.8 Å². The van der Waals surface area contributed by atoms with Crippen molar-refractivity contribution in [3.05, 3.63) is 65.7 Å². The summed E-state index contributed by atoms with van der Waals surface area (Å²) in [5.74, 6) is 0. The lowest BCUT2D eigenvalue weighted by Gasteiger charge is -2.12. The molecule has 0 heterocycles. The summed E-state index contributed by atoms with van der Waals surface area (Å²) in [7, 11) is 0. The lowest BCUT2D eigenvalue weighted by Crippen LogP contribution is -1.94. The summed E-state index contributed by atoms with van der Waals surface area (Å²) in [4.78, 5) is 0. The van der Waals surface area contributed by atoms with Crippen LogP contribution in [0, 0.1) is 0 Å². The molecule has 0 N–H and O–H groups in total. The first-order chi connectivity index (χ1) is 8.93. The van der Waals surface area contributed by atoms with Crippen LogP contribution in [0.5, 0.6) is 0 Å². The van der Waals surface area contributed by atoms with Crippen molar-refractivity contribution in [2.75, 3.05) is 0 Å². The van der Waals surface area contributed by atoms with Gasteiger partial charge in [0.2, 0.25) is 0 Å². The Morgan fingerprint density at radius 3 is 2.39 bits per heavy atom. The molecule has 2 aromatic carbocycles. The summed E-state index contributed by atoms with van der Waals surface area (Å²) in [6.07, 6.45) is 6.83. The average Bonchev–Trinajstić information content (AvgIpc) is 2.50. The molecule has 1 aliphatic carbocycles. The van der Waals surface area contributed by atoms with Crippen LogP contribution >= 0.6 is 0 Å². The van der Waals surface area contributed by atoms with Gasteiger partial charge in [-0.05, 0) is 35.1 Å². The second kappa shape index (κ2) is 6.20. The highest BCUT2D eigenvalue weighted by atomic mass is 14.1. The van der Waals surface area contributed by atoms with E-state index in [1.165, 1.54) is 35.1 Å². The van der Waals surface area contributed by atoms with Gasteiger partial charge >= 0.3 is 0 Å². The minimum Gasteiger partial charge on any atom is -0.0836 e. The molecule has 1 aliphatic rings. The molecule has 0 unspecified atom stereocenters. The number of hydrogen-bond acceptors (Lipinski definition) is 0. The summed E-state index contributed by atoms with van der Waals surface area (Å²) in [6, 6.07) is 17.3. The number of allylic oxidation sites excluding steroid dienone is 1. The predicted molar refractivity (Wildman–Crippen MR) is 80.6 cm³/mol. The minimum atomic E-state index is 1.17. The van der Waals surface area contributed by atoms with E-state index in [1.54, 1.807) is 0 Å². The van der Waals surface area contributed by atoms with Crippen LogP contribution in [0.15, 0.2) is 54.6 Å². The summed E-state index contributed by atoms with van der Waals surface area (Å²) < 4.78 is 0. The van der Waals surface area contributed by atoms with E-state index in [2.05, 4.69) is 60.7 Å². The molecule has 0 saturated heterocycles. The molecule has 2 aromatic rings. The van der Waals surface area contributed by atoms with Gasteiger partial charge in [0.05, 0.1) is 0 Å². The number of aryl methyl sites for hydroxylation is 1. The van der Waals surface area contributed by atoms with E-state index in [-0.39, 0.29) is 0 Å². The molecule has 0 radical (unpaired) electrons. The van der Waals surface area contributed by atoms with Crippen molar-refractivity contribution < 1.29 is 0 Å². The largest absolute Gasteiger partial charge is 0.0836 e.